The first-order valence-corrected chi connectivity index (χ1v) is 15.4. The number of ether oxygens (including phenoxy) is 5. The van der Waals surface area contributed by atoms with Gasteiger partial charge in [-0.1, -0.05) is 31.4 Å². The maximum Gasteiger partial charge on any atom is 0.343 e. The minimum absolute atomic E-state index is 0.152. The fourth-order valence-electron chi connectivity index (χ4n) is 3.67. The van der Waals surface area contributed by atoms with Gasteiger partial charge in [-0.2, -0.15) is 0 Å². The summed E-state index contributed by atoms with van der Waals surface area (Å²) in [5.74, 6) is 0.286. The molecule has 0 aromatic heterocycles. The Balaban J connectivity index is 1.35. The zero-order valence-corrected chi connectivity index (χ0v) is 26.2. The van der Waals surface area contributed by atoms with Gasteiger partial charge in [-0.15, -0.1) is 0 Å². The summed E-state index contributed by atoms with van der Waals surface area (Å²) in [5, 5.41) is -0.152. The van der Waals surface area contributed by atoms with Crippen LogP contribution in [-0.4, -0.2) is 49.5 Å². The van der Waals surface area contributed by atoms with E-state index in [1.807, 2.05) is 24.3 Å². The second-order valence-electron chi connectivity index (χ2n) is 9.56. The van der Waals surface area contributed by atoms with Crippen molar-refractivity contribution in [2.45, 2.75) is 30.6 Å². The van der Waals surface area contributed by atoms with Crippen molar-refractivity contribution in [1.82, 2.24) is 0 Å². The molecule has 0 spiro atoms. The Hall–Kier alpha value is -5.09. The van der Waals surface area contributed by atoms with Crippen LogP contribution in [0.2, 0.25) is 0 Å². The van der Waals surface area contributed by atoms with E-state index in [2.05, 4.69) is 13.2 Å². The zero-order valence-electron chi connectivity index (χ0n) is 25.4. The van der Waals surface area contributed by atoms with Crippen LogP contribution < -0.4 is 14.2 Å². The van der Waals surface area contributed by atoms with Crippen molar-refractivity contribution >= 4 is 40.9 Å². The van der Waals surface area contributed by atoms with E-state index in [1.54, 1.807) is 54.6 Å². The van der Waals surface area contributed by atoms with Gasteiger partial charge in [0, 0.05) is 17.0 Å². The summed E-state index contributed by atoms with van der Waals surface area (Å²) in [5.41, 5.74) is 1.22. The van der Waals surface area contributed by atoms with Gasteiger partial charge < -0.3 is 23.7 Å². The first-order valence-electron chi connectivity index (χ1n) is 14.6. The lowest BCUT2D eigenvalue weighted by Gasteiger charge is -2.08. The highest BCUT2D eigenvalue weighted by Gasteiger charge is 2.10. The highest BCUT2D eigenvalue weighted by molar-refractivity contribution is 8.14. The molecule has 3 aromatic rings. The second-order valence-corrected chi connectivity index (χ2v) is 10.6. The lowest BCUT2D eigenvalue weighted by Crippen LogP contribution is -2.08. The normalized spacial score (nSPS) is 10.5. The van der Waals surface area contributed by atoms with Crippen LogP contribution >= 0.6 is 11.8 Å². The van der Waals surface area contributed by atoms with Crippen LogP contribution in [0.3, 0.4) is 0 Å². The van der Waals surface area contributed by atoms with Gasteiger partial charge in [0.25, 0.3) is 0 Å². The molecule has 0 aliphatic heterocycles. The number of unbranched alkanes of at least 4 members (excludes halogenated alkanes) is 2. The van der Waals surface area contributed by atoms with Gasteiger partial charge in [-0.25, -0.2) is 14.4 Å². The summed E-state index contributed by atoms with van der Waals surface area (Å²) >= 11 is 1.06. The monoisotopic (exact) mass is 644 g/mol. The average Bonchev–Trinajstić information content (AvgIpc) is 3.08. The fraction of sp³-hybridized carbons (Fsp3) is 0.222. The molecule has 3 aromatic carbocycles. The Bertz CT molecular complexity index is 1480. The van der Waals surface area contributed by atoms with E-state index in [0.29, 0.717) is 73.4 Å². The fourth-order valence-corrected chi connectivity index (χ4v) is 4.31. The summed E-state index contributed by atoms with van der Waals surface area (Å²) < 4.78 is 26.6. The van der Waals surface area contributed by atoms with E-state index in [9.17, 15) is 19.2 Å². The van der Waals surface area contributed by atoms with Gasteiger partial charge in [0.05, 0.1) is 32.0 Å². The molecule has 3 rings (SSSR count). The number of hydrogen-bond acceptors (Lipinski definition) is 10. The van der Waals surface area contributed by atoms with Crippen molar-refractivity contribution in [2.75, 3.05) is 26.4 Å². The van der Waals surface area contributed by atoms with Crippen molar-refractivity contribution < 1.29 is 42.9 Å². The van der Waals surface area contributed by atoms with Gasteiger partial charge in [-0.05, 0) is 110 Å². The van der Waals surface area contributed by atoms with Crippen LogP contribution in [0.1, 0.15) is 41.6 Å². The molecule has 0 aliphatic rings. The number of benzene rings is 3. The highest BCUT2D eigenvalue weighted by Crippen LogP contribution is 2.24. The quantitative estimate of drug-likeness (QED) is 0.0444. The molecule has 240 valence electrons. The molecule has 0 fully saturated rings. The molecule has 0 radical (unpaired) electrons. The van der Waals surface area contributed by atoms with Crippen molar-refractivity contribution in [3.05, 3.63) is 115 Å². The Morgan fingerprint density at radius 3 is 1.61 bits per heavy atom. The largest absolute Gasteiger partial charge is 0.494 e. The molecule has 0 aliphatic carbocycles. The lowest BCUT2D eigenvalue weighted by molar-refractivity contribution is -0.138. The molecule has 0 saturated carbocycles. The van der Waals surface area contributed by atoms with Crippen LogP contribution in [0.5, 0.6) is 17.2 Å². The zero-order chi connectivity index (χ0) is 33.0. The van der Waals surface area contributed by atoms with Gasteiger partial charge in [-0.3, -0.25) is 4.79 Å². The summed E-state index contributed by atoms with van der Waals surface area (Å²) in [6, 6.07) is 20.7. The topological polar surface area (TPSA) is 114 Å². The third-order valence-electron chi connectivity index (χ3n) is 6.07. The Morgan fingerprint density at radius 1 is 0.609 bits per heavy atom. The highest BCUT2D eigenvalue weighted by atomic mass is 32.2. The molecule has 0 unspecified atom stereocenters. The van der Waals surface area contributed by atoms with E-state index >= 15 is 0 Å². The average molecular weight is 645 g/mol. The molecule has 9 nitrogen and oxygen atoms in total. The van der Waals surface area contributed by atoms with E-state index < -0.39 is 17.9 Å². The first kappa shape index (κ1) is 35.4. The van der Waals surface area contributed by atoms with Gasteiger partial charge in [0.15, 0.2) is 0 Å². The number of thioether (sulfide) groups is 1. The number of esters is 3. The minimum Gasteiger partial charge on any atom is -0.494 e. The molecule has 0 heterocycles. The maximum absolute atomic E-state index is 12.6. The summed E-state index contributed by atoms with van der Waals surface area (Å²) in [7, 11) is 0. The first-order chi connectivity index (χ1) is 22.4. The van der Waals surface area contributed by atoms with Crippen molar-refractivity contribution in [3.63, 3.8) is 0 Å². The molecule has 0 saturated heterocycles. The summed E-state index contributed by atoms with van der Waals surface area (Å²) in [6.45, 7) is 8.27. The van der Waals surface area contributed by atoms with Gasteiger partial charge in [0.2, 0.25) is 5.12 Å². The lowest BCUT2D eigenvalue weighted by atomic mass is 10.2. The minimum atomic E-state index is -0.516. The van der Waals surface area contributed by atoms with E-state index in [-0.39, 0.29) is 5.12 Å². The van der Waals surface area contributed by atoms with Crippen LogP contribution in [0.25, 0.3) is 6.08 Å². The maximum atomic E-state index is 12.6. The number of carbonyl (C=O) groups is 4. The third-order valence-corrected chi connectivity index (χ3v) is 6.92. The SMILES string of the molecule is C=CC(=O)OCCCCOc1ccc(C=CC(=O)Sc2ccc(OC(=O)c3ccc(OCCCCOC(=O)C=C)cc3)cc2)cc1. The molecule has 0 bridgehead atoms. The molecule has 0 amide bonds. The summed E-state index contributed by atoms with van der Waals surface area (Å²) in [4.78, 5) is 47.7. The molecule has 46 heavy (non-hydrogen) atoms. The van der Waals surface area contributed by atoms with Crippen LogP contribution in [0, 0.1) is 0 Å². The molecule has 0 N–H and O–H groups in total. The second kappa shape index (κ2) is 20.0. The van der Waals surface area contributed by atoms with E-state index in [0.717, 1.165) is 35.9 Å². The molecular weight excluding hydrogens is 608 g/mol. The van der Waals surface area contributed by atoms with Crippen LogP contribution in [0.4, 0.5) is 0 Å². The van der Waals surface area contributed by atoms with Gasteiger partial charge in [0.1, 0.15) is 17.2 Å². The molecular formula is C36H36O9S. The van der Waals surface area contributed by atoms with E-state index in [4.69, 9.17) is 23.7 Å². The van der Waals surface area contributed by atoms with Crippen molar-refractivity contribution in [1.29, 1.82) is 0 Å². The predicted octanol–water partition coefficient (Wildman–Crippen LogP) is 7.01. The summed E-state index contributed by atoms with van der Waals surface area (Å²) in [6.07, 6.45) is 8.29. The number of hydrogen-bond donors (Lipinski definition) is 0. The number of rotatable bonds is 19. The molecule has 10 heteroatoms. The number of carbonyl (C=O) groups excluding carboxylic acids is 4. The van der Waals surface area contributed by atoms with Crippen molar-refractivity contribution in [2.24, 2.45) is 0 Å². The smallest absolute Gasteiger partial charge is 0.343 e. The van der Waals surface area contributed by atoms with Crippen LogP contribution in [-0.2, 0) is 23.9 Å². The standard InChI is InChI=1S/C36H36O9S/c1-3-33(37)43-25-7-5-23-41-29-14-9-27(10-15-29)11-22-35(39)46-32-20-18-31(19-21-32)45-36(40)28-12-16-30(17-13-28)42-24-6-8-26-44-34(38)4-2/h3-4,9-22H,1-2,5-8,23-26H2. The third kappa shape index (κ3) is 13.7. The predicted molar refractivity (Wildman–Crippen MR) is 176 cm³/mol. The molecule has 0 atom stereocenters. The van der Waals surface area contributed by atoms with Gasteiger partial charge >= 0.3 is 17.9 Å². The Labute approximate surface area is 272 Å². The van der Waals surface area contributed by atoms with E-state index in [1.165, 1.54) is 6.08 Å². The Kier molecular flexibility index (Phi) is 15.4. The Morgan fingerprint density at radius 2 is 1.09 bits per heavy atom. The van der Waals surface area contributed by atoms with Crippen molar-refractivity contribution in [3.8, 4) is 17.2 Å². The van der Waals surface area contributed by atoms with Crippen LogP contribution in [0.15, 0.2) is 109 Å².